The normalized spacial score (nSPS) is 25.3. The Kier molecular flexibility index (Phi) is 6.05. The minimum Gasteiger partial charge on any atom is -0.339 e. The summed E-state index contributed by atoms with van der Waals surface area (Å²) in [5.74, 6) is 1.22. The van der Waals surface area contributed by atoms with E-state index >= 15 is 0 Å². The Hall–Kier alpha value is -2.25. The van der Waals surface area contributed by atoms with Gasteiger partial charge in [0.2, 0.25) is 5.91 Å². The number of hydrogen-bond acceptors (Lipinski definition) is 5. The van der Waals surface area contributed by atoms with E-state index in [2.05, 4.69) is 45.1 Å². The second-order valence-corrected chi connectivity index (χ2v) is 9.92. The van der Waals surface area contributed by atoms with Crippen molar-refractivity contribution in [2.45, 2.75) is 37.6 Å². The fraction of sp³-hybridized carbons (Fsp3) is 0.542. The lowest BCUT2D eigenvalue weighted by atomic mass is 9.78. The summed E-state index contributed by atoms with van der Waals surface area (Å²) in [5, 5.41) is 2.42. The average Bonchev–Trinajstić information content (AvgIpc) is 3.34. The van der Waals surface area contributed by atoms with Crippen LogP contribution in [0.3, 0.4) is 0 Å². The molecule has 0 radical (unpaired) electrons. The Morgan fingerprint density at radius 2 is 1.61 bits per heavy atom. The predicted octanol–water partition coefficient (Wildman–Crippen LogP) is 3.09. The van der Waals surface area contributed by atoms with Crippen LogP contribution in [-0.2, 0) is 4.79 Å². The molecule has 1 saturated carbocycles. The van der Waals surface area contributed by atoms with E-state index in [0.717, 1.165) is 65.0 Å². The molecule has 1 aromatic carbocycles. The van der Waals surface area contributed by atoms with Gasteiger partial charge in [0.15, 0.2) is 5.01 Å². The third-order valence-corrected chi connectivity index (χ3v) is 8.02. The Labute approximate surface area is 187 Å². The van der Waals surface area contributed by atoms with Gasteiger partial charge in [-0.25, -0.2) is 4.98 Å². The van der Waals surface area contributed by atoms with Gasteiger partial charge in [0.05, 0.1) is 0 Å². The second-order valence-electron chi connectivity index (χ2n) is 9.02. The predicted molar refractivity (Wildman–Crippen MR) is 121 cm³/mol. The van der Waals surface area contributed by atoms with Gasteiger partial charge < -0.3 is 9.80 Å². The lowest BCUT2D eigenvalue weighted by molar-refractivity contribution is -0.144. The van der Waals surface area contributed by atoms with Crippen molar-refractivity contribution in [1.82, 2.24) is 19.7 Å². The molecule has 0 atom stereocenters. The number of benzene rings is 1. The fourth-order valence-electron chi connectivity index (χ4n) is 5.28. The van der Waals surface area contributed by atoms with Crippen LogP contribution in [0.15, 0.2) is 41.9 Å². The zero-order valence-corrected chi connectivity index (χ0v) is 18.7. The second kappa shape index (κ2) is 9.09. The molecular formula is C24H30N4O2S. The summed E-state index contributed by atoms with van der Waals surface area (Å²) < 4.78 is 0. The lowest BCUT2D eigenvalue weighted by Crippen LogP contribution is -2.65. The van der Waals surface area contributed by atoms with Crippen LogP contribution >= 0.6 is 11.3 Å². The molecule has 3 heterocycles. The van der Waals surface area contributed by atoms with Crippen molar-refractivity contribution in [3.8, 4) is 0 Å². The first kappa shape index (κ1) is 20.6. The molecule has 5 rings (SSSR count). The third-order valence-electron chi connectivity index (χ3n) is 7.25. The molecule has 31 heavy (non-hydrogen) atoms. The summed E-state index contributed by atoms with van der Waals surface area (Å²) in [6.07, 6.45) is 5.94. The van der Waals surface area contributed by atoms with Crippen molar-refractivity contribution in [3.63, 3.8) is 0 Å². The minimum atomic E-state index is 0.0474. The van der Waals surface area contributed by atoms with E-state index in [1.807, 2.05) is 10.3 Å². The lowest BCUT2D eigenvalue weighted by Gasteiger charge is -2.49. The molecule has 2 saturated heterocycles. The summed E-state index contributed by atoms with van der Waals surface area (Å²) in [5.41, 5.74) is 1.42. The van der Waals surface area contributed by atoms with Crippen molar-refractivity contribution in [2.24, 2.45) is 5.92 Å². The van der Waals surface area contributed by atoms with E-state index in [1.54, 1.807) is 6.20 Å². The summed E-state index contributed by atoms with van der Waals surface area (Å²) in [6.45, 7) is 4.94. The third kappa shape index (κ3) is 4.39. The maximum Gasteiger partial charge on any atom is 0.282 e. The topological polar surface area (TPSA) is 56.8 Å². The first-order valence-corrected chi connectivity index (χ1v) is 12.3. The molecule has 7 heteroatoms. The van der Waals surface area contributed by atoms with Crippen LogP contribution in [-0.4, -0.2) is 76.8 Å². The van der Waals surface area contributed by atoms with E-state index < -0.39 is 0 Å². The number of carbonyl (C=O) groups is 2. The molecule has 2 aromatic rings. The number of aromatic nitrogens is 1. The summed E-state index contributed by atoms with van der Waals surface area (Å²) >= 11 is 1.40. The zero-order valence-electron chi connectivity index (χ0n) is 17.9. The van der Waals surface area contributed by atoms with E-state index in [0.29, 0.717) is 22.9 Å². The molecule has 6 nitrogen and oxygen atoms in total. The van der Waals surface area contributed by atoms with Gasteiger partial charge in [-0.2, -0.15) is 0 Å². The molecule has 2 amide bonds. The van der Waals surface area contributed by atoms with Crippen molar-refractivity contribution >= 4 is 23.2 Å². The SMILES string of the molecule is O=C(c1nccs1)N1CCN(C2CN(C(=O)C3CCC(c4ccccc4)CC3)C2)CC1. The molecule has 1 aromatic heterocycles. The summed E-state index contributed by atoms with van der Waals surface area (Å²) in [4.78, 5) is 36.0. The average molecular weight is 439 g/mol. The number of piperazine rings is 1. The van der Waals surface area contributed by atoms with E-state index in [9.17, 15) is 9.59 Å². The Balaban J connectivity index is 1.05. The number of thiazole rings is 1. The fourth-order valence-corrected chi connectivity index (χ4v) is 5.88. The zero-order chi connectivity index (χ0) is 21.2. The molecule has 0 spiro atoms. The highest BCUT2D eigenvalue weighted by atomic mass is 32.1. The van der Waals surface area contributed by atoms with E-state index in [1.165, 1.54) is 16.9 Å². The van der Waals surface area contributed by atoms with Crippen LogP contribution in [0.2, 0.25) is 0 Å². The molecule has 1 aliphatic carbocycles. The van der Waals surface area contributed by atoms with Gasteiger partial charge in [-0.3, -0.25) is 14.5 Å². The monoisotopic (exact) mass is 438 g/mol. The Morgan fingerprint density at radius 1 is 0.903 bits per heavy atom. The summed E-state index contributed by atoms with van der Waals surface area (Å²) in [7, 11) is 0. The molecule has 0 bridgehead atoms. The number of carbonyl (C=O) groups excluding carboxylic acids is 2. The van der Waals surface area contributed by atoms with Crippen molar-refractivity contribution < 1.29 is 9.59 Å². The number of nitrogens with zero attached hydrogens (tertiary/aromatic N) is 4. The van der Waals surface area contributed by atoms with Gasteiger partial charge in [0.1, 0.15) is 0 Å². The van der Waals surface area contributed by atoms with Gasteiger partial charge in [0, 0.05) is 62.8 Å². The van der Waals surface area contributed by atoms with Gasteiger partial charge in [-0.15, -0.1) is 11.3 Å². The number of amides is 2. The number of hydrogen-bond donors (Lipinski definition) is 0. The van der Waals surface area contributed by atoms with E-state index in [4.69, 9.17) is 0 Å². The van der Waals surface area contributed by atoms with Crippen molar-refractivity contribution in [2.75, 3.05) is 39.3 Å². The molecule has 164 valence electrons. The van der Waals surface area contributed by atoms with Crippen molar-refractivity contribution in [1.29, 1.82) is 0 Å². The van der Waals surface area contributed by atoms with Gasteiger partial charge in [-0.1, -0.05) is 30.3 Å². The van der Waals surface area contributed by atoms with Crippen LogP contribution in [0.5, 0.6) is 0 Å². The van der Waals surface area contributed by atoms with Gasteiger partial charge in [-0.05, 0) is 37.2 Å². The number of rotatable bonds is 4. The van der Waals surface area contributed by atoms with Gasteiger partial charge in [0.25, 0.3) is 5.91 Å². The van der Waals surface area contributed by atoms with Gasteiger partial charge >= 0.3 is 0 Å². The smallest absolute Gasteiger partial charge is 0.282 e. The van der Waals surface area contributed by atoms with E-state index in [-0.39, 0.29) is 11.8 Å². The maximum absolute atomic E-state index is 13.0. The molecule has 0 unspecified atom stereocenters. The van der Waals surface area contributed by atoms with Crippen LogP contribution in [0, 0.1) is 5.92 Å². The Morgan fingerprint density at radius 3 is 2.26 bits per heavy atom. The highest BCUT2D eigenvalue weighted by molar-refractivity contribution is 7.11. The Bertz CT molecular complexity index is 882. The number of likely N-dealkylation sites (tertiary alicyclic amines) is 1. The van der Waals surface area contributed by atoms with Crippen LogP contribution in [0.1, 0.15) is 47.0 Å². The quantitative estimate of drug-likeness (QED) is 0.736. The first-order valence-electron chi connectivity index (χ1n) is 11.5. The highest BCUT2D eigenvalue weighted by Gasteiger charge is 2.39. The minimum absolute atomic E-state index is 0.0474. The largest absolute Gasteiger partial charge is 0.339 e. The molecule has 3 fully saturated rings. The summed E-state index contributed by atoms with van der Waals surface area (Å²) in [6, 6.07) is 11.2. The van der Waals surface area contributed by atoms with Crippen LogP contribution < -0.4 is 0 Å². The molecular weight excluding hydrogens is 408 g/mol. The van der Waals surface area contributed by atoms with Crippen LogP contribution in [0.4, 0.5) is 0 Å². The molecule has 3 aliphatic rings. The van der Waals surface area contributed by atoms with Crippen LogP contribution in [0.25, 0.3) is 0 Å². The highest BCUT2D eigenvalue weighted by Crippen LogP contribution is 2.37. The first-order chi connectivity index (χ1) is 15.2. The molecule has 0 N–H and O–H groups in total. The standard InChI is InChI=1S/C24H30N4O2S/c29-23(20-8-6-19(7-9-20)18-4-2-1-3-5-18)28-16-21(17-28)26-11-13-27(14-12-26)24(30)22-25-10-15-31-22/h1-5,10,15,19-21H,6-9,11-14,16-17H2. The maximum atomic E-state index is 13.0. The molecule has 2 aliphatic heterocycles. The van der Waals surface area contributed by atoms with Crippen molar-refractivity contribution in [3.05, 3.63) is 52.5 Å².